The van der Waals surface area contributed by atoms with Crippen molar-refractivity contribution in [2.75, 3.05) is 32.1 Å². The molecular formula is C13H19N3O. The number of amides is 1. The molecule has 1 unspecified atom stereocenters. The SMILES string of the molecule is CN(C)c1cccc(C(=O)N2CCC(N)C2)c1. The normalized spacial score (nSPS) is 19.5. The summed E-state index contributed by atoms with van der Waals surface area (Å²) in [6.07, 6.45) is 0.902. The van der Waals surface area contributed by atoms with Crippen LogP contribution in [0.25, 0.3) is 0 Å². The van der Waals surface area contributed by atoms with Crippen LogP contribution in [0.2, 0.25) is 0 Å². The summed E-state index contributed by atoms with van der Waals surface area (Å²) < 4.78 is 0. The molecule has 1 aromatic carbocycles. The van der Waals surface area contributed by atoms with Gasteiger partial charge in [-0.3, -0.25) is 4.79 Å². The van der Waals surface area contributed by atoms with Crippen molar-refractivity contribution in [1.29, 1.82) is 0 Å². The van der Waals surface area contributed by atoms with E-state index < -0.39 is 0 Å². The van der Waals surface area contributed by atoms with Crippen molar-refractivity contribution >= 4 is 11.6 Å². The number of hydrogen-bond acceptors (Lipinski definition) is 3. The Morgan fingerprint density at radius 3 is 2.82 bits per heavy atom. The zero-order chi connectivity index (χ0) is 12.4. The molecule has 2 rings (SSSR count). The Morgan fingerprint density at radius 2 is 2.24 bits per heavy atom. The maximum atomic E-state index is 12.2. The van der Waals surface area contributed by atoms with E-state index in [2.05, 4.69) is 0 Å². The largest absolute Gasteiger partial charge is 0.378 e. The number of likely N-dealkylation sites (tertiary alicyclic amines) is 1. The number of nitrogens with two attached hydrogens (primary N) is 1. The van der Waals surface area contributed by atoms with Crippen LogP contribution in [-0.2, 0) is 0 Å². The minimum Gasteiger partial charge on any atom is -0.378 e. The predicted molar refractivity (Wildman–Crippen MR) is 69.3 cm³/mol. The third kappa shape index (κ3) is 2.58. The summed E-state index contributed by atoms with van der Waals surface area (Å²) in [5, 5.41) is 0. The lowest BCUT2D eigenvalue weighted by atomic mass is 10.1. The second-order valence-corrected chi connectivity index (χ2v) is 4.74. The third-order valence-corrected chi connectivity index (χ3v) is 3.12. The lowest BCUT2D eigenvalue weighted by Gasteiger charge is -2.18. The summed E-state index contributed by atoms with van der Waals surface area (Å²) in [7, 11) is 3.94. The van der Waals surface area contributed by atoms with Gasteiger partial charge in [-0.05, 0) is 24.6 Å². The van der Waals surface area contributed by atoms with E-state index in [0.29, 0.717) is 6.54 Å². The fourth-order valence-corrected chi connectivity index (χ4v) is 2.07. The molecule has 1 saturated heterocycles. The zero-order valence-electron chi connectivity index (χ0n) is 10.4. The van der Waals surface area contributed by atoms with Crippen molar-refractivity contribution in [1.82, 2.24) is 4.90 Å². The van der Waals surface area contributed by atoms with Crippen LogP contribution in [0.5, 0.6) is 0 Å². The third-order valence-electron chi connectivity index (χ3n) is 3.12. The van der Waals surface area contributed by atoms with Gasteiger partial charge in [0.25, 0.3) is 5.91 Å². The van der Waals surface area contributed by atoms with Gasteiger partial charge in [-0.25, -0.2) is 0 Å². The Kier molecular flexibility index (Phi) is 3.33. The smallest absolute Gasteiger partial charge is 0.253 e. The molecule has 2 N–H and O–H groups in total. The molecule has 0 aliphatic carbocycles. The lowest BCUT2D eigenvalue weighted by Crippen LogP contribution is -2.31. The first-order valence-electron chi connectivity index (χ1n) is 5.90. The first kappa shape index (κ1) is 11.9. The molecule has 17 heavy (non-hydrogen) atoms. The Balaban J connectivity index is 2.16. The molecule has 1 aliphatic rings. The van der Waals surface area contributed by atoms with Gasteiger partial charge in [-0.1, -0.05) is 6.07 Å². The number of rotatable bonds is 2. The molecule has 1 atom stereocenters. The number of nitrogens with zero attached hydrogens (tertiary/aromatic N) is 2. The molecule has 0 saturated carbocycles. The molecule has 1 heterocycles. The summed E-state index contributed by atoms with van der Waals surface area (Å²) in [5.41, 5.74) is 7.60. The van der Waals surface area contributed by atoms with E-state index in [0.717, 1.165) is 24.2 Å². The number of benzene rings is 1. The molecular weight excluding hydrogens is 214 g/mol. The first-order valence-corrected chi connectivity index (χ1v) is 5.90. The van der Waals surface area contributed by atoms with Crippen LogP contribution in [0.3, 0.4) is 0 Å². The number of hydrogen-bond donors (Lipinski definition) is 1. The standard InChI is InChI=1S/C13H19N3O/c1-15(2)12-5-3-4-10(8-12)13(17)16-7-6-11(14)9-16/h3-5,8,11H,6-7,9,14H2,1-2H3. The Hall–Kier alpha value is -1.55. The molecule has 0 bridgehead atoms. The van der Waals surface area contributed by atoms with Gasteiger partial charge in [0.1, 0.15) is 0 Å². The second-order valence-electron chi connectivity index (χ2n) is 4.74. The van der Waals surface area contributed by atoms with Gasteiger partial charge in [0.05, 0.1) is 0 Å². The van der Waals surface area contributed by atoms with E-state index in [1.165, 1.54) is 0 Å². The van der Waals surface area contributed by atoms with Crippen LogP contribution in [0.4, 0.5) is 5.69 Å². The Bertz CT molecular complexity index is 417. The van der Waals surface area contributed by atoms with Crippen molar-refractivity contribution in [3.63, 3.8) is 0 Å². The average molecular weight is 233 g/mol. The van der Waals surface area contributed by atoms with Crippen molar-refractivity contribution in [2.45, 2.75) is 12.5 Å². The molecule has 1 aromatic rings. The molecule has 4 heteroatoms. The van der Waals surface area contributed by atoms with Crippen molar-refractivity contribution in [3.05, 3.63) is 29.8 Å². The molecule has 4 nitrogen and oxygen atoms in total. The van der Waals surface area contributed by atoms with Gasteiger partial charge < -0.3 is 15.5 Å². The summed E-state index contributed by atoms with van der Waals surface area (Å²) in [6.45, 7) is 1.44. The van der Waals surface area contributed by atoms with E-state index in [9.17, 15) is 4.79 Å². The van der Waals surface area contributed by atoms with Crippen molar-refractivity contribution < 1.29 is 4.79 Å². The highest BCUT2D eigenvalue weighted by atomic mass is 16.2. The number of anilines is 1. The molecule has 1 amide bonds. The molecule has 0 spiro atoms. The molecule has 1 aliphatic heterocycles. The molecule has 92 valence electrons. The highest BCUT2D eigenvalue weighted by molar-refractivity contribution is 5.95. The highest BCUT2D eigenvalue weighted by Crippen LogP contribution is 2.17. The number of carbonyl (C=O) groups is 1. The topological polar surface area (TPSA) is 49.6 Å². The first-order chi connectivity index (χ1) is 8.08. The van der Waals surface area contributed by atoms with Crippen molar-refractivity contribution in [3.8, 4) is 0 Å². The fraction of sp³-hybridized carbons (Fsp3) is 0.462. The van der Waals surface area contributed by atoms with E-state index in [1.807, 2.05) is 48.2 Å². The summed E-state index contributed by atoms with van der Waals surface area (Å²) >= 11 is 0. The minimum absolute atomic E-state index is 0.0849. The van der Waals surface area contributed by atoms with Gasteiger partial charge in [-0.2, -0.15) is 0 Å². The highest BCUT2D eigenvalue weighted by Gasteiger charge is 2.24. The van der Waals surface area contributed by atoms with Gasteiger partial charge in [-0.15, -0.1) is 0 Å². The van der Waals surface area contributed by atoms with Gasteiger partial charge in [0.15, 0.2) is 0 Å². The molecule has 0 radical (unpaired) electrons. The summed E-state index contributed by atoms with van der Waals surface area (Å²) in [4.78, 5) is 16.0. The van der Waals surface area contributed by atoms with Crippen LogP contribution in [0, 0.1) is 0 Å². The average Bonchev–Trinajstić information content (AvgIpc) is 2.75. The summed E-state index contributed by atoms with van der Waals surface area (Å²) in [6, 6.07) is 7.83. The monoisotopic (exact) mass is 233 g/mol. The van der Waals surface area contributed by atoms with E-state index >= 15 is 0 Å². The van der Waals surface area contributed by atoms with E-state index in [-0.39, 0.29) is 11.9 Å². The summed E-state index contributed by atoms with van der Waals surface area (Å²) in [5.74, 6) is 0.0849. The van der Waals surface area contributed by atoms with Gasteiger partial charge >= 0.3 is 0 Å². The van der Waals surface area contributed by atoms with Crippen LogP contribution in [0.1, 0.15) is 16.8 Å². The molecule has 1 fully saturated rings. The van der Waals surface area contributed by atoms with Crippen LogP contribution >= 0.6 is 0 Å². The minimum atomic E-state index is 0.0849. The quantitative estimate of drug-likeness (QED) is 0.826. The predicted octanol–water partition coefficient (Wildman–Crippen LogP) is 0.926. The Morgan fingerprint density at radius 1 is 1.47 bits per heavy atom. The van der Waals surface area contributed by atoms with Crippen LogP contribution < -0.4 is 10.6 Å². The molecule has 0 aromatic heterocycles. The van der Waals surface area contributed by atoms with Crippen molar-refractivity contribution in [2.24, 2.45) is 5.73 Å². The Labute approximate surface area is 102 Å². The van der Waals surface area contributed by atoms with Gasteiger partial charge in [0.2, 0.25) is 0 Å². The van der Waals surface area contributed by atoms with Gasteiger partial charge in [0, 0.05) is 44.5 Å². The van der Waals surface area contributed by atoms with E-state index in [4.69, 9.17) is 5.73 Å². The van der Waals surface area contributed by atoms with Crippen LogP contribution in [-0.4, -0.2) is 44.0 Å². The lowest BCUT2D eigenvalue weighted by molar-refractivity contribution is 0.0791. The maximum Gasteiger partial charge on any atom is 0.253 e. The zero-order valence-corrected chi connectivity index (χ0v) is 10.4. The number of carbonyl (C=O) groups excluding carboxylic acids is 1. The van der Waals surface area contributed by atoms with E-state index in [1.54, 1.807) is 0 Å². The second kappa shape index (κ2) is 4.75. The fourth-order valence-electron chi connectivity index (χ4n) is 2.07. The van der Waals surface area contributed by atoms with Crippen LogP contribution in [0.15, 0.2) is 24.3 Å². The maximum absolute atomic E-state index is 12.2.